The van der Waals surface area contributed by atoms with Gasteiger partial charge in [-0.15, -0.1) is 11.3 Å². The maximum atomic E-state index is 12.6. The van der Waals surface area contributed by atoms with Gasteiger partial charge in [0.15, 0.2) is 11.5 Å². The van der Waals surface area contributed by atoms with E-state index in [1.54, 1.807) is 18.3 Å². The highest BCUT2D eigenvalue weighted by Gasteiger charge is 2.24. The van der Waals surface area contributed by atoms with Crippen molar-refractivity contribution in [2.75, 3.05) is 20.3 Å². The van der Waals surface area contributed by atoms with Crippen LogP contribution in [0.15, 0.2) is 12.1 Å². The number of ether oxygens (including phenoxy) is 2. The summed E-state index contributed by atoms with van der Waals surface area (Å²) in [4.78, 5) is 29.5. The van der Waals surface area contributed by atoms with E-state index in [0.717, 1.165) is 30.7 Å². The van der Waals surface area contributed by atoms with Crippen LogP contribution in [0, 0.1) is 10.1 Å². The van der Waals surface area contributed by atoms with Crippen molar-refractivity contribution in [3.8, 4) is 11.5 Å². The van der Waals surface area contributed by atoms with E-state index in [-0.39, 0.29) is 17.0 Å². The predicted molar refractivity (Wildman–Crippen MR) is 110 cm³/mol. The van der Waals surface area contributed by atoms with Crippen molar-refractivity contribution in [1.82, 2.24) is 10.3 Å². The first-order valence-electron chi connectivity index (χ1n) is 9.78. The van der Waals surface area contributed by atoms with E-state index in [0.29, 0.717) is 18.9 Å². The van der Waals surface area contributed by atoms with E-state index in [2.05, 4.69) is 5.32 Å². The molecule has 0 unspecified atom stereocenters. The Morgan fingerprint density at radius 1 is 1.31 bits per heavy atom. The van der Waals surface area contributed by atoms with E-state index >= 15 is 0 Å². The molecule has 1 amide bonds. The van der Waals surface area contributed by atoms with E-state index in [1.807, 2.05) is 0 Å². The summed E-state index contributed by atoms with van der Waals surface area (Å²) in [5, 5.41) is 15.3. The molecule has 156 valence electrons. The van der Waals surface area contributed by atoms with Crippen molar-refractivity contribution in [3.05, 3.63) is 43.4 Å². The van der Waals surface area contributed by atoms with Crippen LogP contribution in [0.4, 0.5) is 5.69 Å². The van der Waals surface area contributed by atoms with Crippen LogP contribution in [0.25, 0.3) is 0 Å². The minimum absolute atomic E-state index is 0.0380. The zero-order valence-electron chi connectivity index (χ0n) is 16.7. The molecule has 1 aromatic heterocycles. The minimum Gasteiger partial charge on any atom is -0.493 e. The molecule has 1 aromatic carbocycles. The second kappa shape index (κ2) is 9.69. The molecule has 9 heteroatoms. The van der Waals surface area contributed by atoms with Gasteiger partial charge in [0, 0.05) is 23.9 Å². The Morgan fingerprint density at radius 3 is 2.79 bits per heavy atom. The average Bonchev–Trinajstić information content (AvgIpc) is 3.13. The highest BCUT2D eigenvalue weighted by atomic mass is 32.1. The quantitative estimate of drug-likeness (QED) is 0.378. The van der Waals surface area contributed by atoms with Crippen LogP contribution in [0.5, 0.6) is 11.5 Å². The normalized spacial score (nSPS) is 12.9. The summed E-state index contributed by atoms with van der Waals surface area (Å²) in [6.07, 6.45) is 6.12. The Labute approximate surface area is 173 Å². The summed E-state index contributed by atoms with van der Waals surface area (Å²) in [5.41, 5.74) is 0.886. The second-order valence-corrected chi connectivity index (χ2v) is 7.92. The predicted octanol–water partition coefficient (Wildman–Crippen LogP) is 3.70. The third-order valence-electron chi connectivity index (χ3n) is 4.77. The lowest BCUT2D eigenvalue weighted by Gasteiger charge is -2.12. The highest BCUT2D eigenvalue weighted by Crippen LogP contribution is 2.34. The van der Waals surface area contributed by atoms with Gasteiger partial charge in [0.1, 0.15) is 5.56 Å². The standard InChI is InChI=1S/C20H25N3O5S/c1-3-28-17-11-13(15(23(25)26)12-16(17)27-2)20(24)21-10-6-9-19-22-14-7-4-5-8-18(14)29-19/h11-12H,3-10H2,1-2H3,(H,21,24). The molecule has 0 atom stereocenters. The van der Waals surface area contributed by atoms with Gasteiger partial charge in [-0.2, -0.15) is 0 Å². The number of nitrogens with one attached hydrogen (secondary N) is 1. The van der Waals surface area contributed by atoms with Crippen molar-refractivity contribution in [2.45, 2.75) is 45.4 Å². The maximum absolute atomic E-state index is 12.6. The maximum Gasteiger partial charge on any atom is 0.286 e. The Kier molecular flexibility index (Phi) is 7.03. The van der Waals surface area contributed by atoms with Crippen LogP contribution >= 0.6 is 11.3 Å². The van der Waals surface area contributed by atoms with E-state index in [9.17, 15) is 14.9 Å². The van der Waals surface area contributed by atoms with Crippen LogP contribution in [-0.4, -0.2) is 36.1 Å². The van der Waals surface area contributed by atoms with Gasteiger partial charge in [-0.3, -0.25) is 14.9 Å². The fourth-order valence-corrected chi connectivity index (χ4v) is 4.56. The van der Waals surface area contributed by atoms with Crippen LogP contribution in [0.3, 0.4) is 0 Å². The summed E-state index contributed by atoms with van der Waals surface area (Å²) in [7, 11) is 1.40. The summed E-state index contributed by atoms with van der Waals surface area (Å²) < 4.78 is 10.6. The van der Waals surface area contributed by atoms with Crippen molar-refractivity contribution in [2.24, 2.45) is 0 Å². The van der Waals surface area contributed by atoms with Crippen molar-refractivity contribution < 1.29 is 19.2 Å². The van der Waals surface area contributed by atoms with Gasteiger partial charge in [0.05, 0.1) is 35.4 Å². The molecule has 0 saturated carbocycles. The molecule has 1 N–H and O–H groups in total. The van der Waals surface area contributed by atoms with Crippen molar-refractivity contribution in [1.29, 1.82) is 0 Å². The first-order chi connectivity index (χ1) is 14.0. The number of nitro groups is 1. The van der Waals surface area contributed by atoms with E-state index in [4.69, 9.17) is 14.5 Å². The molecule has 0 fully saturated rings. The number of methoxy groups -OCH3 is 1. The monoisotopic (exact) mass is 419 g/mol. The Hall–Kier alpha value is -2.68. The molecule has 2 aromatic rings. The number of aromatic nitrogens is 1. The van der Waals surface area contributed by atoms with Gasteiger partial charge >= 0.3 is 0 Å². The summed E-state index contributed by atoms with van der Waals surface area (Å²) in [6, 6.07) is 2.59. The summed E-state index contributed by atoms with van der Waals surface area (Å²) in [6.45, 7) is 2.56. The van der Waals surface area contributed by atoms with Crippen molar-refractivity contribution in [3.63, 3.8) is 0 Å². The number of thiazole rings is 1. The van der Waals surface area contributed by atoms with Crippen molar-refractivity contribution >= 4 is 22.9 Å². The van der Waals surface area contributed by atoms with Crippen LogP contribution in [0.1, 0.15) is 52.1 Å². The Bertz CT molecular complexity index is 873. The molecular weight excluding hydrogens is 394 g/mol. The zero-order chi connectivity index (χ0) is 20.8. The molecule has 0 radical (unpaired) electrons. The van der Waals surface area contributed by atoms with Gasteiger partial charge < -0.3 is 14.8 Å². The summed E-state index contributed by atoms with van der Waals surface area (Å²) >= 11 is 1.76. The Morgan fingerprint density at radius 2 is 2.10 bits per heavy atom. The van der Waals surface area contributed by atoms with Gasteiger partial charge in [-0.05, 0) is 39.0 Å². The molecule has 1 aliphatic carbocycles. The molecular formula is C20H25N3O5S. The number of rotatable bonds is 9. The summed E-state index contributed by atoms with van der Waals surface area (Å²) in [5.74, 6) is 0.0284. The molecule has 0 aliphatic heterocycles. The molecule has 1 aliphatic rings. The van der Waals surface area contributed by atoms with Gasteiger partial charge in [-0.1, -0.05) is 0 Å². The smallest absolute Gasteiger partial charge is 0.286 e. The third kappa shape index (κ3) is 5.03. The number of amides is 1. The number of aryl methyl sites for hydroxylation is 3. The number of carbonyl (C=O) groups excluding carboxylic acids is 1. The lowest BCUT2D eigenvalue weighted by atomic mass is 10.0. The molecule has 8 nitrogen and oxygen atoms in total. The number of hydrogen-bond donors (Lipinski definition) is 1. The minimum atomic E-state index is -0.590. The van der Waals surface area contributed by atoms with Gasteiger partial charge in [0.2, 0.25) is 0 Å². The molecule has 0 bridgehead atoms. The first-order valence-corrected chi connectivity index (χ1v) is 10.6. The van der Waals surface area contributed by atoms with Gasteiger partial charge in [-0.25, -0.2) is 4.98 Å². The largest absolute Gasteiger partial charge is 0.493 e. The average molecular weight is 420 g/mol. The second-order valence-electron chi connectivity index (χ2n) is 6.75. The van der Waals surface area contributed by atoms with Crippen LogP contribution < -0.4 is 14.8 Å². The lowest BCUT2D eigenvalue weighted by Crippen LogP contribution is -2.25. The van der Waals surface area contributed by atoms with Crippen LogP contribution in [-0.2, 0) is 19.3 Å². The number of fused-ring (bicyclic) bond motifs is 1. The zero-order valence-corrected chi connectivity index (χ0v) is 17.5. The molecule has 0 spiro atoms. The third-order valence-corrected chi connectivity index (χ3v) is 5.98. The number of benzene rings is 1. The number of hydrogen-bond acceptors (Lipinski definition) is 7. The number of nitro benzene ring substituents is 1. The number of carbonyl (C=O) groups is 1. The molecule has 1 heterocycles. The van der Waals surface area contributed by atoms with E-state index in [1.165, 1.54) is 42.7 Å². The van der Waals surface area contributed by atoms with Gasteiger partial charge in [0.25, 0.3) is 11.6 Å². The lowest BCUT2D eigenvalue weighted by molar-refractivity contribution is -0.385. The number of nitrogens with zero attached hydrogens (tertiary/aromatic N) is 2. The molecule has 0 saturated heterocycles. The van der Waals surface area contributed by atoms with E-state index < -0.39 is 10.8 Å². The fraction of sp³-hybridized carbons (Fsp3) is 0.500. The first kappa shape index (κ1) is 21.0. The topological polar surface area (TPSA) is 104 Å². The molecule has 3 rings (SSSR count). The fourth-order valence-electron chi connectivity index (χ4n) is 3.36. The highest BCUT2D eigenvalue weighted by molar-refractivity contribution is 7.11. The SMILES string of the molecule is CCOc1cc(C(=O)NCCCc2nc3c(s2)CCCC3)c([N+](=O)[O-])cc1OC. The Balaban J connectivity index is 1.62. The molecule has 29 heavy (non-hydrogen) atoms. The van der Waals surface area contributed by atoms with Crippen LogP contribution in [0.2, 0.25) is 0 Å².